The van der Waals surface area contributed by atoms with E-state index in [1.807, 2.05) is 0 Å². The Labute approximate surface area is 107 Å². The van der Waals surface area contributed by atoms with Gasteiger partial charge in [-0.3, -0.25) is 24.8 Å². The lowest BCUT2D eigenvalue weighted by atomic mass is 9.90. The number of rotatable bonds is 4. The van der Waals surface area contributed by atoms with Gasteiger partial charge in [0.05, 0.1) is 32.1 Å². The first-order chi connectivity index (χ1) is 8.39. The van der Waals surface area contributed by atoms with Crippen molar-refractivity contribution in [1.82, 2.24) is 20.0 Å². The smallest absolute Gasteiger partial charge is 0.229 e. The molecule has 0 aromatic carbocycles. The summed E-state index contributed by atoms with van der Waals surface area (Å²) in [5, 5.41) is 14.5. The van der Waals surface area contributed by atoms with Gasteiger partial charge in [-0.15, -0.1) is 0 Å². The van der Waals surface area contributed by atoms with E-state index in [9.17, 15) is 10.1 Å². The van der Waals surface area contributed by atoms with E-state index < -0.39 is 5.54 Å². The number of hydrogen-bond acceptors (Lipinski definition) is 6. The summed E-state index contributed by atoms with van der Waals surface area (Å²) < 4.78 is 0. The molecule has 1 N–H and O–H groups in total. The van der Waals surface area contributed by atoms with Crippen molar-refractivity contribution in [3.05, 3.63) is 10.1 Å². The Kier molecular flexibility index (Phi) is 2.64. The van der Waals surface area contributed by atoms with Gasteiger partial charge in [0.25, 0.3) is 0 Å². The van der Waals surface area contributed by atoms with Crippen LogP contribution in [0.3, 0.4) is 0 Å². The second-order valence-electron chi connectivity index (χ2n) is 6.61. The van der Waals surface area contributed by atoms with Crippen LogP contribution in [0.15, 0.2) is 0 Å². The van der Waals surface area contributed by atoms with Gasteiger partial charge in [-0.25, -0.2) is 0 Å². The third kappa shape index (κ3) is 2.01. The van der Waals surface area contributed by atoms with Crippen molar-refractivity contribution < 1.29 is 4.92 Å². The fraction of sp³-hybridized carbons (Fsp3) is 1.00. The van der Waals surface area contributed by atoms with Crippen LogP contribution in [0.4, 0.5) is 0 Å². The summed E-state index contributed by atoms with van der Waals surface area (Å²) in [6.45, 7) is 9.93. The molecule has 0 saturated carbocycles. The molecule has 4 aliphatic heterocycles. The summed E-state index contributed by atoms with van der Waals surface area (Å²) in [5.74, 6) is 0. The number of hydrogen-bond donors (Lipinski definition) is 1. The average molecular weight is 255 g/mol. The Bertz CT molecular complexity index is 335. The van der Waals surface area contributed by atoms with Crippen LogP contribution < -0.4 is 5.32 Å². The summed E-state index contributed by atoms with van der Waals surface area (Å²) in [4.78, 5) is 18.0. The molecule has 0 amide bonds. The standard InChI is InChI=1S/C11H21N5O2/c1-10(2,16(17)18)3-12-11-4-13-7-14(5-11)9-15(6-11)8-13/h12H,3-9H2,1-2H3. The molecule has 0 aromatic rings. The van der Waals surface area contributed by atoms with E-state index in [1.165, 1.54) is 0 Å². The van der Waals surface area contributed by atoms with Gasteiger partial charge in [-0.05, 0) is 0 Å². The number of nitrogens with zero attached hydrogens (tertiary/aromatic N) is 4. The highest BCUT2D eigenvalue weighted by atomic mass is 16.6. The molecule has 4 fully saturated rings. The molecule has 4 saturated heterocycles. The third-order valence-corrected chi connectivity index (χ3v) is 4.17. The summed E-state index contributed by atoms with van der Waals surface area (Å²) >= 11 is 0. The quantitative estimate of drug-likeness (QED) is 0.523. The monoisotopic (exact) mass is 255 g/mol. The minimum atomic E-state index is -0.899. The number of nitrogens with one attached hydrogen (secondary N) is 1. The summed E-state index contributed by atoms with van der Waals surface area (Å²) in [6.07, 6.45) is 0. The van der Waals surface area contributed by atoms with Crippen molar-refractivity contribution in [1.29, 1.82) is 0 Å². The number of nitro groups is 1. The van der Waals surface area contributed by atoms with Gasteiger partial charge >= 0.3 is 0 Å². The highest BCUT2D eigenvalue weighted by Gasteiger charge is 2.49. The van der Waals surface area contributed by atoms with E-state index >= 15 is 0 Å². The molecule has 4 aliphatic rings. The topological polar surface area (TPSA) is 64.9 Å². The van der Waals surface area contributed by atoms with Crippen LogP contribution in [0.5, 0.6) is 0 Å². The van der Waals surface area contributed by atoms with Crippen LogP contribution >= 0.6 is 0 Å². The summed E-state index contributed by atoms with van der Waals surface area (Å²) in [5.41, 5.74) is -0.884. The van der Waals surface area contributed by atoms with Gasteiger partial charge in [0.1, 0.15) is 0 Å². The van der Waals surface area contributed by atoms with Gasteiger partial charge < -0.3 is 5.32 Å². The third-order valence-electron chi connectivity index (χ3n) is 4.17. The Balaban J connectivity index is 1.67. The molecule has 4 bridgehead atoms. The van der Waals surface area contributed by atoms with Gasteiger partial charge in [0.2, 0.25) is 5.54 Å². The normalized spacial score (nSPS) is 42.2. The van der Waals surface area contributed by atoms with Gasteiger partial charge in [0, 0.05) is 38.4 Å². The zero-order valence-electron chi connectivity index (χ0n) is 11.1. The average Bonchev–Trinajstić information content (AvgIpc) is 2.24. The molecule has 0 unspecified atom stereocenters. The summed E-state index contributed by atoms with van der Waals surface area (Å²) in [7, 11) is 0. The zero-order chi connectivity index (χ0) is 13.0. The molecule has 0 atom stereocenters. The SMILES string of the molecule is CC(C)(CNC12CN3CN(CN(C3)C1)C2)[N+](=O)[O-]. The van der Waals surface area contributed by atoms with Crippen molar-refractivity contribution in [3.63, 3.8) is 0 Å². The molecule has 102 valence electrons. The first-order valence-corrected chi connectivity index (χ1v) is 6.45. The molecule has 7 nitrogen and oxygen atoms in total. The predicted octanol–water partition coefficient (Wildman–Crippen LogP) is -0.811. The van der Waals surface area contributed by atoms with Crippen molar-refractivity contribution in [2.75, 3.05) is 46.2 Å². The fourth-order valence-electron chi connectivity index (χ4n) is 3.35. The second-order valence-corrected chi connectivity index (χ2v) is 6.61. The Morgan fingerprint density at radius 3 is 2.00 bits per heavy atom. The van der Waals surface area contributed by atoms with E-state index in [-0.39, 0.29) is 10.5 Å². The molecule has 0 aliphatic carbocycles. The Hall–Kier alpha value is -0.760. The molecule has 18 heavy (non-hydrogen) atoms. The lowest BCUT2D eigenvalue weighted by molar-refractivity contribution is -0.558. The van der Waals surface area contributed by atoms with Gasteiger partial charge in [-0.2, -0.15) is 0 Å². The lowest BCUT2D eigenvalue weighted by Gasteiger charge is -2.61. The van der Waals surface area contributed by atoms with Crippen LogP contribution in [-0.4, -0.2) is 76.9 Å². The van der Waals surface area contributed by atoms with Crippen molar-refractivity contribution in [2.24, 2.45) is 0 Å². The Morgan fingerprint density at radius 2 is 1.61 bits per heavy atom. The van der Waals surface area contributed by atoms with E-state index in [0.29, 0.717) is 6.54 Å². The molecule has 4 rings (SSSR count). The minimum absolute atomic E-state index is 0.0159. The van der Waals surface area contributed by atoms with Crippen LogP contribution in [0.1, 0.15) is 13.8 Å². The van der Waals surface area contributed by atoms with E-state index in [2.05, 4.69) is 20.0 Å². The van der Waals surface area contributed by atoms with Crippen molar-refractivity contribution >= 4 is 0 Å². The minimum Gasteiger partial charge on any atom is -0.301 e. The molecule has 0 radical (unpaired) electrons. The summed E-state index contributed by atoms with van der Waals surface area (Å²) in [6, 6.07) is 0. The molecular weight excluding hydrogens is 234 g/mol. The molecule has 0 aromatic heterocycles. The maximum absolute atomic E-state index is 11.0. The molecule has 0 spiro atoms. The zero-order valence-corrected chi connectivity index (χ0v) is 11.1. The van der Waals surface area contributed by atoms with Crippen molar-refractivity contribution in [2.45, 2.75) is 24.9 Å². The molecule has 7 heteroatoms. The maximum atomic E-state index is 11.0. The second kappa shape index (κ2) is 3.86. The first-order valence-electron chi connectivity index (χ1n) is 6.45. The van der Waals surface area contributed by atoms with Crippen LogP contribution in [-0.2, 0) is 0 Å². The van der Waals surface area contributed by atoms with Crippen molar-refractivity contribution in [3.8, 4) is 0 Å². The highest BCUT2D eigenvalue weighted by molar-refractivity contribution is 5.06. The predicted molar refractivity (Wildman–Crippen MR) is 66.5 cm³/mol. The molecular formula is C11H21N5O2. The van der Waals surface area contributed by atoms with Crippen LogP contribution in [0, 0.1) is 10.1 Å². The van der Waals surface area contributed by atoms with Crippen LogP contribution in [0.25, 0.3) is 0 Å². The van der Waals surface area contributed by atoms with Gasteiger partial charge in [-0.1, -0.05) is 0 Å². The van der Waals surface area contributed by atoms with E-state index in [1.54, 1.807) is 13.8 Å². The first kappa shape index (κ1) is 12.3. The largest absolute Gasteiger partial charge is 0.301 e. The lowest BCUT2D eigenvalue weighted by Crippen LogP contribution is -2.80. The fourth-order valence-corrected chi connectivity index (χ4v) is 3.35. The Morgan fingerprint density at radius 1 is 1.17 bits per heavy atom. The van der Waals surface area contributed by atoms with Crippen LogP contribution in [0.2, 0.25) is 0 Å². The van der Waals surface area contributed by atoms with Gasteiger partial charge in [0.15, 0.2) is 0 Å². The highest BCUT2D eigenvalue weighted by Crippen LogP contribution is 2.29. The van der Waals surface area contributed by atoms with E-state index in [4.69, 9.17) is 0 Å². The van der Waals surface area contributed by atoms with E-state index in [0.717, 1.165) is 39.6 Å². The maximum Gasteiger partial charge on any atom is 0.229 e. The molecule has 4 heterocycles.